The van der Waals surface area contributed by atoms with Crippen molar-refractivity contribution in [2.75, 3.05) is 0 Å². The summed E-state index contributed by atoms with van der Waals surface area (Å²) in [5.74, 6) is -1.10. The van der Waals surface area contributed by atoms with E-state index in [-0.39, 0.29) is 28.6 Å². The first-order valence-electron chi connectivity index (χ1n) is 11.4. The zero-order chi connectivity index (χ0) is 28.1. The van der Waals surface area contributed by atoms with Gasteiger partial charge in [0.25, 0.3) is 0 Å². The van der Waals surface area contributed by atoms with Crippen LogP contribution in [0.3, 0.4) is 0 Å². The maximum atomic E-state index is 15.4. The molecule has 11 heteroatoms. The van der Waals surface area contributed by atoms with Crippen molar-refractivity contribution in [3.05, 3.63) is 59.5 Å². The molecule has 204 valence electrons. The number of alkyl halides is 6. The molecule has 3 nitrogen and oxygen atoms in total. The van der Waals surface area contributed by atoms with E-state index in [1.807, 2.05) is 20.8 Å². The van der Waals surface area contributed by atoms with E-state index in [0.717, 1.165) is 24.3 Å². The van der Waals surface area contributed by atoms with E-state index in [4.69, 9.17) is 0 Å². The zero-order valence-corrected chi connectivity index (χ0v) is 22.1. The fourth-order valence-electron chi connectivity index (χ4n) is 3.97. The SMILES string of the molecule is CC(C)(C)Cn1cc([C@H](N[S@@+]([O-])C(C)(C)C)C(F)(F)F)c2cc(F)c(-c3ccccc3C(F)(F)F)cc21. The molecule has 0 radical (unpaired) electrons. The average Bonchev–Trinajstić information content (AvgIpc) is 3.04. The summed E-state index contributed by atoms with van der Waals surface area (Å²) in [5.41, 5.74) is -2.52. The topological polar surface area (TPSA) is 40.0 Å². The van der Waals surface area contributed by atoms with Gasteiger partial charge in [0.05, 0.1) is 5.56 Å². The van der Waals surface area contributed by atoms with Crippen molar-refractivity contribution in [2.45, 2.75) is 71.2 Å². The summed E-state index contributed by atoms with van der Waals surface area (Å²) in [4.78, 5) is 0. The van der Waals surface area contributed by atoms with Crippen LogP contribution in [0, 0.1) is 11.2 Å². The monoisotopic (exact) mass is 550 g/mol. The van der Waals surface area contributed by atoms with Crippen LogP contribution in [0.5, 0.6) is 0 Å². The van der Waals surface area contributed by atoms with E-state index in [2.05, 4.69) is 4.72 Å². The van der Waals surface area contributed by atoms with Gasteiger partial charge >= 0.3 is 12.4 Å². The maximum Gasteiger partial charge on any atom is 0.417 e. The van der Waals surface area contributed by atoms with Gasteiger partial charge in [0.2, 0.25) is 0 Å². The van der Waals surface area contributed by atoms with Gasteiger partial charge in [-0.25, -0.2) is 4.39 Å². The zero-order valence-electron chi connectivity index (χ0n) is 21.2. The van der Waals surface area contributed by atoms with Crippen molar-refractivity contribution >= 4 is 22.3 Å². The molecule has 0 unspecified atom stereocenters. The van der Waals surface area contributed by atoms with Gasteiger partial charge in [0.1, 0.15) is 10.6 Å². The Morgan fingerprint density at radius 3 is 2.03 bits per heavy atom. The molecule has 0 aliphatic rings. The molecule has 0 amide bonds. The molecule has 3 rings (SSSR count). The molecule has 0 saturated carbocycles. The highest BCUT2D eigenvalue weighted by Crippen LogP contribution is 2.43. The highest BCUT2D eigenvalue weighted by atomic mass is 32.2. The molecule has 0 aliphatic carbocycles. The lowest BCUT2D eigenvalue weighted by molar-refractivity contribution is -0.152. The van der Waals surface area contributed by atoms with Crippen molar-refractivity contribution in [3.8, 4) is 11.1 Å². The number of halogens is 7. The quantitative estimate of drug-likeness (QED) is 0.257. The third kappa shape index (κ3) is 6.61. The second-order valence-corrected chi connectivity index (χ2v) is 13.1. The normalized spacial score (nSPS) is 15.3. The van der Waals surface area contributed by atoms with E-state index >= 15 is 4.39 Å². The second-order valence-electron chi connectivity index (χ2n) is 11.1. The van der Waals surface area contributed by atoms with Crippen LogP contribution in [0.2, 0.25) is 0 Å². The second kappa shape index (κ2) is 9.81. The Morgan fingerprint density at radius 2 is 1.51 bits per heavy atom. The first-order chi connectivity index (χ1) is 16.7. The van der Waals surface area contributed by atoms with Crippen LogP contribution in [-0.2, 0) is 24.1 Å². The predicted octanol–water partition coefficient (Wildman–Crippen LogP) is 8.17. The molecule has 0 saturated heterocycles. The standard InChI is InChI=1S/C26H29F7N2OS/c1-23(2,3)14-35-13-18(22(26(31,32)33)34-37(36)24(4,5)6)17-11-20(27)16(12-21(17)35)15-9-7-8-10-19(15)25(28,29)30/h7-13,22,34H,14H2,1-6H3/t22-,37-/m0/s1. The molecular weight excluding hydrogens is 521 g/mol. The molecule has 1 N–H and O–H groups in total. The molecule has 2 atom stereocenters. The summed E-state index contributed by atoms with van der Waals surface area (Å²) in [5, 5.41) is -0.129. The molecule has 0 spiro atoms. The third-order valence-electron chi connectivity index (χ3n) is 5.59. The fourth-order valence-corrected chi connectivity index (χ4v) is 4.80. The molecule has 3 aromatic rings. The van der Waals surface area contributed by atoms with E-state index in [9.17, 15) is 30.9 Å². The lowest BCUT2D eigenvalue weighted by Crippen LogP contribution is -2.45. The van der Waals surface area contributed by atoms with Gasteiger partial charge < -0.3 is 9.12 Å². The number of hydrogen-bond acceptors (Lipinski definition) is 2. The van der Waals surface area contributed by atoms with Gasteiger partial charge in [-0.15, -0.1) is 4.72 Å². The first kappa shape index (κ1) is 29.3. The summed E-state index contributed by atoms with van der Waals surface area (Å²) < 4.78 is 114. The smallest absolute Gasteiger partial charge is 0.417 e. The molecule has 0 aliphatic heterocycles. The minimum atomic E-state index is -4.89. The van der Waals surface area contributed by atoms with Crippen molar-refractivity contribution in [3.63, 3.8) is 0 Å². The average molecular weight is 551 g/mol. The Hall–Kier alpha value is -2.24. The highest BCUT2D eigenvalue weighted by molar-refractivity contribution is 7.90. The first-order valence-corrected chi connectivity index (χ1v) is 12.6. The van der Waals surface area contributed by atoms with Gasteiger partial charge in [0.15, 0.2) is 6.04 Å². The summed E-state index contributed by atoms with van der Waals surface area (Å²) in [7, 11) is 0. The molecule has 1 heterocycles. The molecule has 1 aromatic heterocycles. The number of nitrogens with zero attached hydrogens (tertiary/aromatic N) is 1. The maximum absolute atomic E-state index is 15.4. The Balaban J connectivity index is 2.32. The van der Waals surface area contributed by atoms with E-state index in [1.54, 1.807) is 0 Å². The van der Waals surface area contributed by atoms with Gasteiger partial charge in [-0.2, -0.15) is 26.3 Å². The summed E-state index contributed by atoms with van der Waals surface area (Å²) in [6.45, 7) is 10.3. The number of hydrogen-bond donors (Lipinski definition) is 1. The Bertz CT molecular complexity index is 1270. The van der Waals surface area contributed by atoms with Gasteiger partial charge in [0, 0.05) is 46.1 Å². The Morgan fingerprint density at radius 1 is 0.919 bits per heavy atom. The molecule has 37 heavy (non-hydrogen) atoms. The van der Waals surface area contributed by atoms with Crippen LogP contribution < -0.4 is 4.72 Å². The van der Waals surface area contributed by atoms with E-state index in [0.29, 0.717) is 0 Å². The van der Waals surface area contributed by atoms with E-state index in [1.165, 1.54) is 43.7 Å². The Labute approximate surface area is 214 Å². The minimum absolute atomic E-state index is 0.129. The van der Waals surface area contributed by atoms with Gasteiger partial charge in [-0.05, 0) is 49.9 Å². The summed E-state index contributed by atoms with van der Waals surface area (Å²) >= 11 is -2.12. The number of nitrogens with one attached hydrogen (secondary N) is 1. The highest BCUT2D eigenvalue weighted by Gasteiger charge is 2.47. The van der Waals surface area contributed by atoms with Crippen molar-refractivity contribution in [1.29, 1.82) is 0 Å². The Kier molecular flexibility index (Phi) is 7.78. The van der Waals surface area contributed by atoms with E-state index < -0.39 is 56.9 Å². The lowest BCUT2D eigenvalue weighted by Gasteiger charge is -2.29. The number of fused-ring (bicyclic) bond motifs is 1. The largest absolute Gasteiger partial charge is 0.598 e. The van der Waals surface area contributed by atoms with Crippen LogP contribution in [-0.4, -0.2) is 20.0 Å². The summed E-state index contributed by atoms with van der Waals surface area (Å²) in [6.07, 6.45) is -8.45. The van der Waals surface area contributed by atoms with Crippen LogP contribution in [0.15, 0.2) is 42.6 Å². The summed E-state index contributed by atoms with van der Waals surface area (Å²) in [6, 6.07) is 4.04. The fraction of sp³-hybridized carbons (Fsp3) is 0.462. The van der Waals surface area contributed by atoms with Crippen molar-refractivity contribution in [2.24, 2.45) is 5.41 Å². The molecule has 2 aromatic carbocycles. The lowest BCUT2D eigenvalue weighted by atomic mass is 9.95. The van der Waals surface area contributed by atoms with Crippen LogP contribution >= 0.6 is 0 Å². The van der Waals surface area contributed by atoms with Gasteiger partial charge in [-0.3, -0.25) is 0 Å². The van der Waals surface area contributed by atoms with Crippen molar-refractivity contribution < 1.29 is 35.3 Å². The predicted molar refractivity (Wildman–Crippen MR) is 132 cm³/mol. The van der Waals surface area contributed by atoms with Gasteiger partial charge in [-0.1, -0.05) is 39.0 Å². The molecular formula is C26H29F7N2OS. The third-order valence-corrected chi connectivity index (χ3v) is 7.15. The number of rotatable bonds is 5. The minimum Gasteiger partial charge on any atom is -0.598 e. The van der Waals surface area contributed by atoms with Crippen LogP contribution in [0.1, 0.15) is 58.7 Å². The van der Waals surface area contributed by atoms with Crippen molar-refractivity contribution in [1.82, 2.24) is 9.29 Å². The van der Waals surface area contributed by atoms with Crippen LogP contribution in [0.25, 0.3) is 22.0 Å². The van der Waals surface area contributed by atoms with Crippen LogP contribution in [0.4, 0.5) is 30.7 Å². The molecule has 0 bridgehead atoms. The number of aromatic nitrogens is 1. The number of benzene rings is 2. The molecule has 0 fully saturated rings.